The molecule has 0 atom stereocenters. The van der Waals surface area contributed by atoms with Gasteiger partial charge in [0.25, 0.3) is 0 Å². The predicted molar refractivity (Wildman–Crippen MR) is 63.1 cm³/mol. The van der Waals surface area contributed by atoms with Gasteiger partial charge >= 0.3 is 0 Å². The largest absolute Gasteiger partial charge is 0.398 e. The van der Waals surface area contributed by atoms with Crippen LogP contribution in [0.1, 0.15) is 12.8 Å². The third-order valence-corrected chi connectivity index (χ3v) is 2.84. The minimum Gasteiger partial charge on any atom is -0.398 e. The Morgan fingerprint density at radius 3 is 2.75 bits per heavy atom. The molecule has 1 aromatic carbocycles. The SMILES string of the molecule is Nc1cc(NCCCCO)[c]cc1[SH](=O)=O. The molecule has 0 aliphatic rings. The van der Waals surface area contributed by atoms with Crippen LogP contribution < -0.4 is 11.1 Å². The molecule has 16 heavy (non-hydrogen) atoms. The van der Waals surface area contributed by atoms with E-state index in [1.165, 1.54) is 6.07 Å². The van der Waals surface area contributed by atoms with E-state index in [0.717, 1.165) is 12.8 Å². The fraction of sp³-hybridized carbons (Fsp3) is 0.400. The van der Waals surface area contributed by atoms with E-state index in [1.54, 1.807) is 6.07 Å². The van der Waals surface area contributed by atoms with E-state index in [4.69, 9.17) is 10.8 Å². The quantitative estimate of drug-likeness (QED) is 0.326. The van der Waals surface area contributed by atoms with Crippen LogP contribution in [-0.4, -0.2) is 26.7 Å². The summed E-state index contributed by atoms with van der Waals surface area (Å²) in [5, 5.41) is 11.6. The number of nitrogens with two attached hydrogens (primary N) is 1. The molecule has 0 saturated carbocycles. The van der Waals surface area contributed by atoms with Gasteiger partial charge in [0.15, 0.2) is 10.7 Å². The Bertz CT molecular complexity index is 411. The molecule has 0 saturated heterocycles. The van der Waals surface area contributed by atoms with E-state index in [2.05, 4.69) is 11.4 Å². The Morgan fingerprint density at radius 2 is 2.19 bits per heavy atom. The number of benzene rings is 1. The van der Waals surface area contributed by atoms with E-state index in [9.17, 15) is 8.42 Å². The van der Waals surface area contributed by atoms with Crippen molar-refractivity contribution in [3.8, 4) is 0 Å². The molecule has 0 fully saturated rings. The number of hydrogen-bond acceptors (Lipinski definition) is 5. The average molecular weight is 243 g/mol. The Labute approximate surface area is 96.2 Å². The molecule has 1 rings (SSSR count). The summed E-state index contributed by atoms with van der Waals surface area (Å²) in [5.41, 5.74) is 6.45. The van der Waals surface area contributed by atoms with E-state index in [0.29, 0.717) is 12.2 Å². The highest BCUT2D eigenvalue weighted by atomic mass is 32.2. The first-order chi connectivity index (χ1) is 7.65. The molecule has 0 spiro atoms. The van der Waals surface area contributed by atoms with E-state index in [-0.39, 0.29) is 17.2 Å². The third-order valence-electron chi connectivity index (χ3n) is 2.06. The highest BCUT2D eigenvalue weighted by Gasteiger charge is 2.02. The lowest BCUT2D eigenvalue weighted by atomic mass is 10.2. The van der Waals surface area contributed by atoms with Gasteiger partial charge in [0.1, 0.15) is 0 Å². The van der Waals surface area contributed by atoms with Crippen molar-refractivity contribution in [2.45, 2.75) is 17.7 Å². The summed E-state index contributed by atoms with van der Waals surface area (Å²) in [6, 6.07) is 5.70. The second-order valence-electron chi connectivity index (χ2n) is 3.30. The highest BCUT2D eigenvalue weighted by Crippen LogP contribution is 2.18. The number of aliphatic hydroxyl groups is 1. The first-order valence-electron chi connectivity index (χ1n) is 4.95. The maximum atomic E-state index is 10.7. The molecule has 4 N–H and O–H groups in total. The van der Waals surface area contributed by atoms with Crippen LogP contribution in [0, 0.1) is 6.07 Å². The van der Waals surface area contributed by atoms with Gasteiger partial charge in [-0.05, 0) is 25.0 Å². The molecule has 0 heterocycles. The number of nitrogen functional groups attached to an aromatic ring is 1. The van der Waals surface area contributed by atoms with Gasteiger partial charge in [-0.2, -0.15) is 0 Å². The van der Waals surface area contributed by atoms with Gasteiger partial charge in [-0.15, -0.1) is 0 Å². The summed E-state index contributed by atoms with van der Waals surface area (Å²) in [5.74, 6) is 0. The van der Waals surface area contributed by atoms with Crippen LogP contribution in [0.2, 0.25) is 0 Å². The molecule has 1 radical (unpaired) electrons. The predicted octanol–water partition coefficient (Wildman–Crippen LogP) is 0.224. The van der Waals surface area contributed by atoms with Crippen molar-refractivity contribution in [1.82, 2.24) is 0 Å². The summed E-state index contributed by atoms with van der Waals surface area (Å²) in [6.45, 7) is 0.864. The van der Waals surface area contributed by atoms with Crippen LogP contribution in [0.3, 0.4) is 0 Å². The number of anilines is 2. The van der Waals surface area contributed by atoms with Crippen LogP contribution in [-0.2, 0) is 10.7 Å². The third kappa shape index (κ3) is 3.71. The second kappa shape index (κ2) is 6.34. The van der Waals surface area contributed by atoms with Crippen molar-refractivity contribution in [2.24, 2.45) is 0 Å². The molecule has 1 aromatic rings. The van der Waals surface area contributed by atoms with Gasteiger partial charge in [-0.1, -0.05) is 0 Å². The van der Waals surface area contributed by atoms with Crippen molar-refractivity contribution >= 4 is 22.1 Å². The molecule has 0 aliphatic carbocycles. The number of unbranched alkanes of at least 4 members (excludes halogenated alkanes) is 1. The second-order valence-corrected chi connectivity index (χ2v) is 4.30. The highest BCUT2D eigenvalue weighted by molar-refractivity contribution is 7.72. The topological polar surface area (TPSA) is 92.4 Å². The standard InChI is InChI=1S/C10H15N2O3S/c11-9-7-8(12-5-1-2-6-13)3-4-10(9)16(14)15/h4,7,12-13,16H,1-2,5-6,11H2. The molecular formula is C10H15N2O3S. The normalized spacial score (nSPS) is 10.6. The summed E-state index contributed by atoms with van der Waals surface area (Å²) >= 11 is 0. The summed E-state index contributed by atoms with van der Waals surface area (Å²) in [6.07, 6.45) is 1.56. The molecule has 5 nitrogen and oxygen atoms in total. The van der Waals surface area contributed by atoms with Gasteiger partial charge in [-0.3, -0.25) is 0 Å². The van der Waals surface area contributed by atoms with Gasteiger partial charge in [-0.25, -0.2) is 8.42 Å². The first-order valence-corrected chi connectivity index (χ1v) is 6.13. The maximum Gasteiger partial charge on any atom is 0.170 e. The van der Waals surface area contributed by atoms with Crippen molar-refractivity contribution < 1.29 is 13.5 Å². The zero-order chi connectivity index (χ0) is 12.0. The number of hydrogen-bond donors (Lipinski definition) is 4. The average Bonchev–Trinajstić information content (AvgIpc) is 2.24. The number of rotatable bonds is 6. The first kappa shape index (κ1) is 12.8. The lowest BCUT2D eigenvalue weighted by molar-refractivity contribution is 0.286. The maximum absolute atomic E-state index is 10.7. The molecule has 0 aromatic heterocycles. The zero-order valence-electron chi connectivity index (χ0n) is 8.77. The summed E-state index contributed by atoms with van der Waals surface area (Å²) in [4.78, 5) is 0.0934. The van der Waals surface area contributed by atoms with Gasteiger partial charge in [0.2, 0.25) is 0 Å². The lowest BCUT2D eigenvalue weighted by Gasteiger charge is -2.06. The fourth-order valence-corrected chi connectivity index (χ4v) is 1.67. The molecule has 0 bridgehead atoms. The lowest BCUT2D eigenvalue weighted by Crippen LogP contribution is -2.03. The Hall–Kier alpha value is -1.27. The molecule has 0 amide bonds. The van der Waals surface area contributed by atoms with Crippen LogP contribution in [0.15, 0.2) is 17.0 Å². The van der Waals surface area contributed by atoms with Gasteiger partial charge < -0.3 is 16.2 Å². The smallest absolute Gasteiger partial charge is 0.170 e. The van der Waals surface area contributed by atoms with Crippen LogP contribution in [0.5, 0.6) is 0 Å². The van der Waals surface area contributed by atoms with E-state index >= 15 is 0 Å². The molecule has 0 aliphatic heterocycles. The van der Waals surface area contributed by atoms with Gasteiger partial charge in [0.05, 0.1) is 10.6 Å². The van der Waals surface area contributed by atoms with Crippen LogP contribution in [0.25, 0.3) is 0 Å². The number of thiol groups is 1. The van der Waals surface area contributed by atoms with Gasteiger partial charge in [0, 0.05) is 24.9 Å². The minimum absolute atomic E-state index is 0.0934. The number of aliphatic hydroxyl groups excluding tert-OH is 1. The monoisotopic (exact) mass is 243 g/mol. The Kier molecular flexibility index (Phi) is 5.07. The molecule has 6 heteroatoms. The van der Waals surface area contributed by atoms with Crippen molar-refractivity contribution in [2.75, 3.05) is 24.2 Å². The minimum atomic E-state index is -2.66. The molecular weight excluding hydrogens is 228 g/mol. The van der Waals surface area contributed by atoms with Crippen molar-refractivity contribution in [1.29, 1.82) is 0 Å². The Balaban J connectivity index is 2.60. The molecule has 0 unspecified atom stereocenters. The Morgan fingerprint density at radius 1 is 1.44 bits per heavy atom. The van der Waals surface area contributed by atoms with Crippen LogP contribution in [0.4, 0.5) is 11.4 Å². The molecule has 89 valence electrons. The van der Waals surface area contributed by atoms with E-state index in [1.807, 2.05) is 0 Å². The summed E-state index contributed by atoms with van der Waals surface area (Å²) < 4.78 is 21.4. The number of nitrogens with one attached hydrogen (secondary N) is 1. The zero-order valence-corrected chi connectivity index (χ0v) is 9.67. The van der Waals surface area contributed by atoms with Crippen molar-refractivity contribution in [3.05, 3.63) is 18.2 Å². The van der Waals surface area contributed by atoms with Crippen molar-refractivity contribution in [3.63, 3.8) is 0 Å². The fourth-order valence-electron chi connectivity index (χ4n) is 1.22. The summed E-state index contributed by atoms with van der Waals surface area (Å²) in [7, 11) is -2.66. The van der Waals surface area contributed by atoms with Crippen LogP contribution >= 0.6 is 0 Å². The van der Waals surface area contributed by atoms with E-state index < -0.39 is 10.7 Å².